The smallest absolute Gasteiger partial charge is 0.322 e. The third-order valence-corrected chi connectivity index (χ3v) is 7.69. The van der Waals surface area contributed by atoms with Crippen LogP contribution in [-0.2, 0) is 19.1 Å². The van der Waals surface area contributed by atoms with Crippen LogP contribution in [0.2, 0.25) is 0 Å². The number of carboxylic acid groups (broad SMARTS) is 1. The number of hydrogen-bond acceptors (Lipinski definition) is 4. The number of esters is 1. The summed E-state index contributed by atoms with van der Waals surface area (Å²) < 4.78 is 5.68. The van der Waals surface area contributed by atoms with E-state index in [1.165, 1.54) is 109 Å². The highest BCUT2D eigenvalue weighted by molar-refractivity contribution is 5.81. The highest BCUT2D eigenvalue weighted by atomic mass is 16.5. The standard InChI is InChI=1S/C34H65NO5/c1-4-5-6-7-8-9-10-11-14-17-20-23-26-31(28-32(36)35-29-33(37)38)40-34(39)27-24-21-18-15-12-13-16-19-22-25-30(2)3/h30-31H,4-29H2,1-3H3,(H,35,36)(H,37,38). The van der Waals surface area contributed by atoms with E-state index in [1.54, 1.807) is 0 Å². The number of carboxylic acids is 1. The van der Waals surface area contributed by atoms with Gasteiger partial charge in [0.1, 0.15) is 12.6 Å². The molecule has 0 fully saturated rings. The van der Waals surface area contributed by atoms with E-state index in [2.05, 4.69) is 26.1 Å². The van der Waals surface area contributed by atoms with Crippen molar-refractivity contribution in [2.45, 2.75) is 187 Å². The summed E-state index contributed by atoms with van der Waals surface area (Å²) in [5, 5.41) is 11.2. The first-order valence-electron chi connectivity index (χ1n) is 17.0. The highest BCUT2D eigenvalue weighted by Crippen LogP contribution is 2.17. The molecule has 0 rings (SSSR count). The maximum Gasteiger partial charge on any atom is 0.322 e. The summed E-state index contributed by atoms with van der Waals surface area (Å²) in [5.74, 6) is -0.872. The number of aliphatic carboxylic acids is 1. The highest BCUT2D eigenvalue weighted by Gasteiger charge is 2.18. The van der Waals surface area contributed by atoms with Gasteiger partial charge in [0, 0.05) is 6.42 Å². The Morgan fingerprint density at radius 3 is 1.50 bits per heavy atom. The van der Waals surface area contributed by atoms with Gasteiger partial charge in [-0.1, -0.05) is 149 Å². The number of ether oxygens (including phenoxy) is 1. The Morgan fingerprint density at radius 1 is 0.625 bits per heavy atom. The van der Waals surface area contributed by atoms with Crippen molar-refractivity contribution < 1.29 is 24.2 Å². The summed E-state index contributed by atoms with van der Waals surface area (Å²) in [6.07, 6.45) is 27.9. The third-order valence-electron chi connectivity index (χ3n) is 7.69. The van der Waals surface area contributed by atoms with E-state index < -0.39 is 18.6 Å². The largest absolute Gasteiger partial charge is 0.480 e. The van der Waals surface area contributed by atoms with Crippen LogP contribution in [0.1, 0.15) is 181 Å². The predicted molar refractivity (Wildman–Crippen MR) is 166 cm³/mol. The van der Waals surface area contributed by atoms with Crippen LogP contribution in [0.5, 0.6) is 0 Å². The van der Waals surface area contributed by atoms with Gasteiger partial charge in [-0.15, -0.1) is 0 Å². The molecule has 2 N–H and O–H groups in total. The van der Waals surface area contributed by atoms with Crippen LogP contribution in [-0.4, -0.2) is 35.6 Å². The molecule has 236 valence electrons. The van der Waals surface area contributed by atoms with Crippen molar-refractivity contribution in [2.75, 3.05) is 6.54 Å². The van der Waals surface area contributed by atoms with Crippen molar-refractivity contribution in [3.8, 4) is 0 Å². The van der Waals surface area contributed by atoms with Gasteiger partial charge in [0.2, 0.25) is 5.91 Å². The van der Waals surface area contributed by atoms with E-state index in [9.17, 15) is 14.4 Å². The fourth-order valence-corrected chi connectivity index (χ4v) is 5.17. The molecule has 0 aromatic carbocycles. The second kappa shape index (κ2) is 28.9. The number of carbonyl (C=O) groups is 3. The van der Waals surface area contributed by atoms with Crippen LogP contribution in [0.4, 0.5) is 0 Å². The zero-order valence-corrected chi connectivity index (χ0v) is 26.6. The van der Waals surface area contributed by atoms with E-state index in [-0.39, 0.29) is 18.3 Å². The van der Waals surface area contributed by atoms with Crippen LogP contribution in [0.25, 0.3) is 0 Å². The molecule has 6 heteroatoms. The minimum atomic E-state index is -1.08. The molecule has 0 aromatic rings. The molecule has 0 saturated heterocycles. The molecule has 6 nitrogen and oxygen atoms in total. The maximum atomic E-state index is 12.5. The lowest BCUT2D eigenvalue weighted by Gasteiger charge is -2.18. The summed E-state index contributed by atoms with van der Waals surface area (Å²) in [6, 6.07) is 0. The topological polar surface area (TPSA) is 92.7 Å². The lowest BCUT2D eigenvalue weighted by molar-refractivity contribution is -0.151. The molecule has 0 radical (unpaired) electrons. The average molecular weight is 568 g/mol. The molecule has 0 aliphatic carbocycles. The van der Waals surface area contributed by atoms with Gasteiger partial charge >= 0.3 is 11.9 Å². The van der Waals surface area contributed by atoms with Gasteiger partial charge in [0.25, 0.3) is 0 Å². The molecule has 0 heterocycles. The Labute approximate surface area is 247 Å². The van der Waals surface area contributed by atoms with Gasteiger partial charge in [-0.25, -0.2) is 0 Å². The Kier molecular flexibility index (Phi) is 27.8. The molecular formula is C34H65NO5. The fourth-order valence-electron chi connectivity index (χ4n) is 5.17. The first-order valence-corrected chi connectivity index (χ1v) is 17.0. The molecule has 0 aliphatic rings. The first-order chi connectivity index (χ1) is 19.3. The molecule has 0 bridgehead atoms. The molecule has 0 spiro atoms. The zero-order valence-electron chi connectivity index (χ0n) is 26.6. The van der Waals surface area contributed by atoms with Crippen molar-refractivity contribution in [3.63, 3.8) is 0 Å². The van der Waals surface area contributed by atoms with Gasteiger partial charge in [-0.05, 0) is 25.2 Å². The van der Waals surface area contributed by atoms with E-state index >= 15 is 0 Å². The van der Waals surface area contributed by atoms with E-state index in [0.29, 0.717) is 12.8 Å². The fraction of sp³-hybridized carbons (Fsp3) is 0.912. The Morgan fingerprint density at radius 2 is 1.05 bits per heavy atom. The Hall–Kier alpha value is -1.59. The van der Waals surface area contributed by atoms with Crippen LogP contribution in [0.15, 0.2) is 0 Å². The van der Waals surface area contributed by atoms with Gasteiger partial charge in [0.15, 0.2) is 0 Å². The van der Waals surface area contributed by atoms with Crippen LogP contribution in [0.3, 0.4) is 0 Å². The quantitative estimate of drug-likeness (QED) is 0.0666. The number of unbranched alkanes of at least 4 members (excludes halogenated alkanes) is 19. The minimum absolute atomic E-state index is 0.0359. The van der Waals surface area contributed by atoms with Gasteiger partial charge < -0.3 is 15.2 Å². The minimum Gasteiger partial charge on any atom is -0.480 e. The summed E-state index contributed by atoms with van der Waals surface area (Å²) >= 11 is 0. The Balaban J connectivity index is 4.05. The summed E-state index contributed by atoms with van der Waals surface area (Å²) in [5.41, 5.74) is 0. The molecule has 0 aliphatic heterocycles. The van der Waals surface area contributed by atoms with Crippen molar-refractivity contribution in [2.24, 2.45) is 5.92 Å². The van der Waals surface area contributed by atoms with Crippen LogP contribution in [0, 0.1) is 5.92 Å². The number of nitrogens with one attached hydrogen (secondary N) is 1. The average Bonchev–Trinajstić information content (AvgIpc) is 2.90. The number of rotatable bonds is 30. The maximum absolute atomic E-state index is 12.5. The SMILES string of the molecule is CCCCCCCCCCCCCCC(CC(=O)NCC(=O)O)OC(=O)CCCCCCCCCCCC(C)C. The van der Waals surface area contributed by atoms with Crippen LogP contribution < -0.4 is 5.32 Å². The van der Waals surface area contributed by atoms with E-state index in [0.717, 1.165) is 38.0 Å². The molecule has 0 saturated carbocycles. The monoisotopic (exact) mass is 567 g/mol. The van der Waals surface area contributed by atoms with Crippen molar-refractivity contribution in [3.05, 3.63) is 0 Å². The number of hydrogen-bond donors (Lipinski definition) is 2. The van der Waals surface area contributed by atoms with Crippen LogP contribution >= 0.6 is 0 Å². The molecular weight excluding hydrogens is 502 g/mol. The second-order valence-electron chi connectivity index (χ2n) is 12.3. The molecule has 40 heavy (non-hydrogen) atoms. The van der Waals surface area contributed by atoms with Gasteiger partial charge in [-0.3, -0.25) is 14.4 Å². The van der Waals surface area contributed by atoms with Gasteiger partial charge in [0.05, 0.1) is 6.42 Å². The third kappa shape index (κ3) is 29.4. The lowest BCUT2D eigenvalue weighted by atomic mass is 10.0. The van der Waals surface area contributed by atoms with E-state index in [1.807, 2.05) is 0 Å². The normalized spacial score (nSPS) is 12.0. The predicted octanol–water partition coefficient (Wildman–Crippen LogP) is 9.53. The van der Waals surface area contributed by atoms with Crippen molar-refractivity contribution in [1.29, 1.82) is 0 Å². The summed E-state index contributed by atoms with van der Waals surface area (Å²) in [7, 11) is 0. The molecule has 1 amide bonds. The number of amides is 1. The second-order valence-corrected chi connectivity index (χ2v) is 12.3. The van der Waals surface area contributed by atoms with Crippen molar-refractivity contribution >= 4 is 17.8 Å². The summed E-state index contributed by atoms with van der Waals surface area (Å²) in [4.78, 5) is 35.4. The summed E-state index contributed by atoms with van der Waals surface area (Å²) in [6.45, 7) is 6.42. The lowest BCUT2D eigenvalue weighted by Crippen LogP contribution is -2.33. The molecule has 0 aromatic heterocycles. The molecule has 1 unspecified atom stereocenters. The Bertz CT molecular complexity index is 607. The van der Waals surface area contributed by atoms with Crippen molar-refractivity contribution in [1.82, 2.24) is 5.32 Å². The molecule has 1 atom stereocenters. The first kappa shape index (κ1) is 38.4. The van der Waals surface area contributed by atoms with Gasteiger partial charge in [-0.2, -0.15) is 0 Å². The number of carbonyl (C=O) groups excluding carboxylic acids is 2. The van der Waals surface area contributed by atoms with E-state index in [4.69, 9.17) is 9.84 Å². The zero-order chi connectivity index (χ0) is 29.7.